The van der Waals surface area contributed by atoms with Crippen molar-refractivity contribution in [2.75, 3.05) is 33.5 Å². The van der Waals surface area contributed by atoms with Crippen molar-refractivity contribution in [1.29, 1.82) is 0 Å². The Hall–Kier alpha value is -0.120. The molecule has 3 heteroatoms. The quantitative estimate of drug-likeness (QED) is 0.565. The zero-order valence-electron chi connectivity index (χ0n) is 6.34. The lowest BCUT2D eigenvalue weighted by atomic mass is 10.3. The highest BCUT2D eigenvalue weighted by Gasteiger charge is 2.11. The lowest BCUT2D eigenvalue weighted by Gasteiger charge is -2.11. The molecule has 3 nitrogen and oxygen atoms in total. The fraction of sp³-hybridized carbons (Fsp3) is 1.00. The first kappa shape index (κ1) is 7.98. The van der Waals surface area contributed by atoms with Gasteiger partial charge in [0.05, 0.1) is 25.9 Å². The van der Waals surface area contributed by atoms with E-state index >= 15 is 0 Å². The summed E-state index contributed by atoms with van der Waals surface area (Å²) in [6, 6.07) is 0. The maximum atomic E-state index is 5.39. The topological polar surface area (TPSA) is 27.7 Å². The fourth-order valence-electron chi connectivity index (χ4n) is 0.991. The molecule has 0 aromatic heterocycles. The largest absolute Gasteiger partial charge is 0.382 e. The normalized spacial score (nSPS) is 27.9. The maximum Gasteiger partial charge on any atom is 0.0831 e. The van der Waals surface area contributed by atoms with Crippen molar-refractivity contribution in [3.8, 4) is 0 Å². The van der Waals surface area contributed by atoms with E-state index in [-0.39, 0.29) is 6.10 Å². The van der Waals surface area contributed by atoms with Gasteiger partial charge in [-0.3, -0.25) is 0 Å². The zero-order chi connectivity index (χ0) is 7.23. The van der Waals surface area contributed by atoms with Gasteiger partial charge in [-0.15, -0.1) is 0 Å². The van der Waals surface area contributed by atoms with E-state index < -0.39 is 0 Å². The van der Waals surface area contributed by atoms with Crippen molar-refractivity contribution in [3.05, 3.63) is 0 Å². The summed E-state index contributed by atoms with van der Waals surface area (Å²) >= 11 is 0. The lowest BCUT2D eigenvalue weighted by molar-refractivity contribution is 0.00337. The van der Waals surface area contributed by atoms with Crippen LogP contribution in [0.1, 0.15) is 6.42 Å². The number of methoxy groups -OCH3 is 1. The molecule has 1 saturated heterocycles. The van der Waals surface area contributed by atoms with Crippen LogP contribution >= 0.6 is 0 Å². The number of hydrogen-bond acceptors (Lipinski definition) is 3. The Morgan fingerprint density at radius 1 is 1.40 bits per heavy atom. The van der Waals surface area contributed by atoms with Crippen molar-refractivity contribution in [2.24, 2.45) is 0 Å². The van der Waals surface area contributed by atoms with E-state index in [0.717, 1.165) is 19.6 Å². The summed E-state index contributed by atoms with van der Waals surface area (Å²) in [7, 11) is 1.69. The Bertz CT molecular complexity index is 76.9. The van der Waals surface area contributed by atoms with Crippen LogP contribution in [0.3, 0.4) is 0 Å². The third-order valence-electron chi connectivity index (χ3n) is 1.52. The van der Waals surface area contributed by atoms with Crippen molar-refractivity contribution in [1.82, 2.24) is 0 Å². The van der Waals surface area contributed by atoms with Crippen molar-refractivity contribution >= 4 is 0 Å². The highest BCUT2D eigenvalue weighted by atomic mass is 16.6. The molecular weight excluding hydrogens is 132 g/mol. The van der Waals surface area contributed by atoms with Gasteiger partial charge in [-0.05, 0) is 6.42 Å². The standard InChI is InChI=1S/C7H14O3/c1-8-6-7-2-3-9-4-5-10-7/h7H,2-6H2,1H3. The molecule has 0 radical (unpaired) electrons. The first-order valence-electron chi connectivity index (χ1n) is 3.62. The van der Waals surface area contributed by atoms with E-state index in [1.807, 2.05) is 0 Å². The molecule has 0 aromatic rings. The van der Waals surface area contributed by atoms with Gasteiger partial charge >= 0.3 is 0 Å². The summed E-state index contributed by atoms with van der Waals surface area (Å²) in [5.41, 5.74) is 0. The molecule has 1 heterocycles. The number of ether oxygens (including phenoxy) is 3. The Labute approximate surface area is 61.3 Å². The molecule has 1 unspecified atom stereocenters. The smallest absolute Gasteiger partial charge is 0.0831 e. The minimum atomic E-state index is 0.243. The monoisotopic (exact) mass is 146 g/mol. The predicted molar refractivity (Wildman–Crippen MR) is 37.1 cm³/mol. The van der Waals surface area contributed by atoms with Crippen LogP contribution < -0.4 is 0 Å². The van der Waals surface area contributed by atoms with Gasteiger partial charge in [0.25, 0.3) is 0 Å². The van der Waals surface area contributed by atoms with E-state index in [9.17, 15) is 0 Å². The third kappa shape index (κ3) is 2.64. The van der Waals surface area contributed by atoms with Crippen LogP contribution in [0.2, 0.25) is 0 Å². The van der Waals surface area contributed by atoms with Crippen LogP contribution in [-0.2, 0) is 14.2 Å². The van der Waals surface area contributed by atoms with Crippen LogP contribution in [0.5, 0.6) is 0 Å². The molecule has 1 aliphatic rings. The molecule has 10 heavy (non-hydrogen) atoms. The molecule has 1 rings (SSSR count). The fourth-order valence-corrected chi connectivity index (χ4v) is 0.991. The van der Waals surface area contributed by atoms with Gasteiger partial charge in [0.1, 0.15) is 0 Å². The van der Waals surface area contributed by atoms with Crippen molar-refractivity contribution < 1.29 is 14.2 Å². The van der Waals surface area contributed by atoms with Crippen LogP contribution in [0.25, 0.3) is 0 Å². The zero-order valence-corrected chi connectivity index (χ0v) is 6.34. The predicted octanol–water partition coefficient (Wildman–Crippen LogP) is 0.438. The molecule has 1 fully saturated rings. The summed E-state index contributed by atoms with van der Waals surface area (Å²) in [5, 5.41) is 0. The van der Waals surface area contributed by atoms with E-state index in [4.69, 9.17) is 14.2 Å². The molecule has 1 aliphatic heterocycles. The minimum absolute atomic E-state index is 0.243. The number of rotatable bonds is 2. The summed E-state index contributed by atoms with van der Waals surface area (Å²) in [6.07, 6.45) is 1.20. The average molecular weight is 146 g/mol. The SMILES string of the molecule is COCC1CCOCCO1. The van der Waals surface area contributed by atoms with E-state index in [2.05, 4.69) is 0 Å². The summed E-state index contributed by atoms with van der Waals surface area (Å²) in [4.78, 5) is 0. The van der Waals surface area contributed by atoms with Gasteiger partial charge in [-0.25, -0.2) is 0 Å². The van der Waals surface area contributed by atoms with Crippen LogP contribution in [0.15, 0.2) is 0 Å². The Morgan fingerprint density at radius 3 is 3.10 bits per heavy atom. The lowest BCUT2D eigenvalue weighted by Crippen LogP contribution is -2.18. The first-order valence-corrected chi connectivity index (χ1v) is 3.62. The molecule has 0 aromatic carbocycles. The van der Waals surface area contributed by atoms with E-state index in [1.165, 1.54) is 0 Å². The molecule has 0 aliphatic carbocycles. The Balaban J connectivity index is 2.15. The summed E-state index contributed by atoms with van der Waals surface area (Å²) in [6.45, 7) is 2.91. The summed E-state index contributed by atoms with van der Waals surface area (Å²) in [5.74, 6) is 0. The molecular formula is C7H14O3. The first-order chi connectivity index (χ1) is 4.93. The van der Waals surface area contributed by atoms with Crippen LogP contribution in [0, 0.1) is 0 Å². The second kappa shape index (κ2) is 4.66. The highest BCUT2D eigenvalue weighted by molar-refractivity contribution is 4.58. The third-order valence-corrected chi connectivity index (χ3v) is 1.52. The van der Waals surface area contributed by atoms with Gasteiger partial charge in [-0.1, -0.05) is 0 Å². The van der Waals surface area contributed by atoms with Gasteiger partial charge in [-0.2, -0.15) is 0 Å². The van der Waals surface area contributed by atoms with Gasteiger partial charge in [0, 0.05) is 13.7 Å². The van der Waals surface area contributed by atoms with Crippen molar-refractivity contribution in [2.45, 2.75) is 12.5 Å². The molecule has 1 atom stereocenters. The van der Waals surface area contributed by atoms with Gasteiger partial charge in [0.2, 0.25) is 0 Å². The highest BCUT2D eigenvalue weighted by Crippen LogP contribution is 2.03. The number of hydrogen-bond donors (Lipinski definition) is 0. The van der Waals surface area contributed by atoms with Gasteiger partial charge < -0.3 is 14.2 Å². The second-order valence-corrected chi connectivity index (χ2v) is 2.35. The van der Waals surface area contributed by atoms with Crippen molar-refractivity contribution in [3.63, 3.8) is 0 Å². The van der Waals surface area contributed by atoms with E-state index in [1.54, 1.807) is 7.11 Å². The Morgan fingerprint density at radius 2 is 2.30 bits per heavy atom. The maximum absolute atomic E-state index is 5.39. The molecule has 60 valence electrons. The molecule has 0 spiro atoms. The van der Waals surface area contributed by atoms with Gasteiger partial charge in [0.15, 0.2) is 0 Å². The summed E-state index contributed by atoms with van der Waals surface area (Å²) < 4.78 is 15.5. The second-order valence-electron chi connectivity index (χ2n) is 2.35. The molecule has 0 bridgehead atoms. The average Bonchev–Trinajstić information content (AvgIpc) is 2.17. The molecule has 0 N–H and O–H groups in total. The molecule has 0 saturated carbocycles. The van der Waals surface area contributed by atoms with Crippen LogP contribution in [0.4, 0.5) is 0 Å². The molecule has 0 amide bonds. The minimum Gasteiger partial charge on any atom is -0.382 e. The van der Waals surface area contributed by atoms with Crippen LogP contribution in [-0.4, -0.2) is 39.6 Å². The van der Waals surface area contributed by atoms with E-state index in [0.29, 0.717) is 13.2 Å². The Kier molecular flexibility index (Phi) is 3.72.